The van der Waals surface area contributed by atoms with E-state index in [4.69, 9.17) is 28.4 Å². The van der Waals surface area contributed by atoms with Crippen molar-refractivity contribution in [2.75, 3.05) is 6.61 Å². The van der Waals surface area contributed by atoms with Crippen molar-refractivity contribution in [1.82, 2.24) is 0 Å². The molecule has 1 aromatic rings. The summed E-state index contributed by atoms with van der Waals surface area (Å²) in [7, 11) is 0. The minimum atomic E-state index is -1.97. The second kappa shape index (κ2) is 10.7. The molecule has 2 heterocycles. The van der Waals surface area contributed by atoms with Crippen molar-refractivity contribution in [2.24, 2.45) is 16.7 Å². The van der Waals surface area contributed by atoms with Gasteiger partial charge in [-0.15, -0.1) is 0 Å². The number of hydrogen-bond donors (Lipinski definition) is 2. The highest BCUT2D eigenvalue weighted by Crippen LogP contribution is 2.67. The third-order valence-corrected chi connectivity index (χ3v) is 11.1. The summed E-state index contributed by atoms with van der Waals surface area (Å²) >= 11 is 0. The van der Waals surface area contributed by atoms with Gasteiger partial charge in [-0.1, -0.05) is 45.5 Å². The first-order chi connectivity index (χ1) is 21.1. The standard InChI is InChI=1S/C34H42O11/c1-8-24-42-22-14-23-33(16-40-23,45-19(4)36)27-29(44-30(38)20-12-10-9-11-13-20)34(39)15-21(37)17(2)25(31(34,5)6)26(41-18(3)35)28(43-24)32(22,27)7/h8-13,21-24,26-29,37,39H,1,14-16H2,2-7H3/t21-,22-,23+,24?,26-,27-,28-,29-,32+,33-,34+/m0/s1. The van der Waals surface area contributed by atoms with E-state index in [-0.39, 0.29) is 25.0 Å². The quantitative estimate of drug-likeness (QED) is 0.282. The lowest BCUT2D eigenvalue weighted by molar-refractivity contribution is -0.405. The van der Waals surface area contributed by atoms with E-state index in [0.29, 0.717) is 11.1 Å². The highest BCUT2D eigenvalue weighted by atomic mass is 16.7. The lowest BCUT2D eigenvalue weighted by Crippen LogP contribution is -2.83. The van der Waals surface area contributed by atoms with Crippen LogP contribution in [0.1, 0.15) is 64.7 Å². The van der Waals surface area contributed by atoms with E-state index in [2.05, 4.69) is 6.58 Å². The number of fused-ring (bicyclic) bond motifs is 4. The summed E-state index contributed by atoms with van der Waals surface area (Å²) < 4.78 is 37.8. The van der Waals surface area contributed by atoms with E-state index in [1.54, 1.807) is 51.1 Å². The number of carbonyl (C=O) groups excluding carboxylic acids is 3. The van der Waals surface area contributed by atoms with Gasteiger partial charge in [0.2, 0.25) is 0 Å². The van der Waals surface area contributed by atoms with Gasteiger partial charge < -0.3 is 38.6 Å². The zero-order valence-electron chi connectivity index (χ0n) is 26.5. The van der Waals surface area contributed by atoms with E-state index in [9.17, 15) is 24.6 Å². The van der Waals surface area contributed by atoms with Crippen LogP contribution in [0.5, 0.6) is 0 Å². The predicted octanol–water partition coefficient (Wildman–Crippen LogP) is 3.02. The fourth-order valence-electron chi connectivity index (χ4n) is 8.97. The van der Waals surface area contributed by atoms with Crippen LogP contribution >= 0.6 is 0 Å². The van der Waals surface area contributed by atoms with Crippen molar-refractivity contribution in [3.05, 3.63) is 59.7 Å². The first-order valence-corrected chi connectivity index (χ1v) is 15.4. The largest absolute Gasteiger partial charge is 0.455 e. The molecule has 244 valence electrons. The summed E-state index contributed by atoms with van der Waals surface area (Å²) in [6.45, 7) is 13.6. The highest BCUT2D eigenvalue weighted by Gasteiger charge is 2.79. The zero-order chi connectivity index (χ0) is 32.7. The molecule has 1 aromatic carbocycles. The van der Waals surface area contributed by atoms with Crippen molar-refractivity contribution < 1.29 is 53.0 Å². The maximum Gasteiger partial charge on any atom is 0.338 e. The predicted molar refractivity (Wildman–Crippen MR) is 157 cm³/mol. The molecule has 4 fully saturated rings. The topological polar surface area (TPSA) is 147 Å². The molecular weight excluding hydrogens is 584 g/mol. The van der Waals surface area contributed by atoms with E-state index in [1.807, 2.05) is 6.92 Å². The molecule has 11 atom stereocenters. The molecule has 2 bridgehead atoms. The highest BCUT2D eigenvalue weighted by molar-refractivity contribution is 5.89. The molecule has 2 aliphatic heterocycles. The molecule has 3 aliphatic carbocycles. The monoisotopic (exact) mass is 626 g/mol. The maximum absolute atomic E-state index is 13.9. The Kier molecular flexibility index (Phi) is 7.60. The Morgan fingerprint density at radius 1 is 1.02 bits per heavy atom. The van der Waals surface area contributed by atoms with Gasteiger partial charge in [-0.2, -0.15) is 0 Å². The third-order valence-electron chi connectivity index (χ3n) is 11.1. The summed E-state index contributed by atoms with van der Waals surface area (Å²) in [4.78, 5) is 39.6. The third kappa shape index (κ3) is 4.46. The van der Waals surface area contributed by atoms with Gasteiger partial charge in [0, 0.05) is 37.5 Å². The molecular formula is C34H42O11. The smallest absolute Gasteiger partial charge is 0.338 e. The van der Waals surface area contributed by atoms with Crippen LogP contribution in [0.2, 0.25) is 0 Å². The minimum absolute atomic E-state index is 0.0414. The Bertz CT molecular complexity index is 1440. The number of benzene rings is 1. The summed E-state index contributed by atoms with van der Waals surface area (Å²) in [5, 5.41) is 24.7. The number of esters is 3. The van der Waals surface area contributed by atoms with Gasteiger partial charge in [0.25, 0.3) is 0 Å². The fraction of sp³-hybridized carbons (Fsp3) is 0.618. The number of aliphatic hydroxyl groups excluding tert-OH is 1. The molecule has 1 unspecified atom stereocenters. The van der Waals surface area contributed by atoms with Gasteiger partial charge in [-0.3, -0.25) is 9.59 Å². The molecule has 2 saturated carbocycles. The SMILES string of the molecule is C=CC1O[C@H]2C[C@H]3OC[C@@]3(OC(C)=O)[C@H]3[C@H](OC(=O)c4ccccc4)[C@]4(O)C[C@H](O)C(C)=C([C@H](OC(C)=O)[C@H](O1)[C@]23C)C4(C)C. The molecule has 45 heavy (non-hydrogen) atoms. The van der Waals surface area contributed by atoms with Crippen molar-refractivity contribution in [1.29, 1.82) is 0 Å². The number of ether oxygens (including phenoxy) is 6. The Labute approximate surface area is 262 Å². The molecule has 0 amide bonds. The molecule has 11 nitrogen and oxygen atoms in total. The van der Waals surface area contributed by atoms with E-state index >= 15 is 0 Å². The Morgan fingerprint density at radius 2 is 1.71 bits per heavy atom. The van der Waals surface area contributed by atoms with Crippen LogP contribution in [-0.4, -0.2) is 88.8 Å². The molecule has 11 heteroatoms. The number of hydrogen-bond acceptors (Lipinski definition) is 11. The van der Waals surface area contributed by atoms with Crippen LogP contribution in [0.25, 0.3) is 0 Å². The first kappa shape index (κ1) is 31.9. The first-order valence-electron chi connectivity index (χ1n) is 15.4. The molecule has 6 rings (SSSR count). The van der Waals surface area contributed by atoms with Crippen LogP contribution in [0.4, 0.5) is 0 Å². The Morgan fingerprint density at radius 3 is 2.29 bits per heavy atom. The normalized spacial score (nSPS) is 42.8. The summed E-state index contributed by atoms with van der Waals surface area (Å²) in [6.07, 6.45) is -5.32. The summed E-state index contributed by atoms with van der Waals surface area (Å²) in [5.74, 6) is -2.89. The van der Waals surface area contributed by atoms with Crippen molar-refractivity contribution >= 4 is 17.9 Å². The second-order valence-electron chi connectivity index (χ2n) is 13.8. The average Bonchev–Trinajstić information content (AvgIpc) is 2.96. The van der Waals surface area contributed by atoms with Gasteiger partial charge in [0.05, 0.1) is 30.3 Å². The summed E-state index contributed by atoms with van der Waals surface area (Å²) in [5.41, 5.74) is -4.60. The van der Waals surface area contributed by atoms with Gasteiger partial charge in [-0.25, -0.2) is 4.79 Å². The van der Waals surface area contributed by atoms with Crippen LogP contribution in [-0.2, 0) is 38.0 Å². The zero-order valence-corrected chi connectivity index (χ0v) is 26.5. The van der Waals surface area contributed by atoms with Gasteiger partial charge in [-0.05, 0) is 36.3 Å². The molecule has 0 spiro atoms. The Hall–Kier alpha value is -3.09. The molecule has 0 aromatic heterocycles. The molecule has 2 N–H and O–H groups in total. The molecule has 5 aliphatic rings. The van der Waals surface area contributed by atoms with Crippen molar-refractivity contribution in [3.8, 4) is 0 Å². The van der Waals surface area contributed by atoms with E-state index < -0.39 is 88.8 Å². The summed E-state index contributed by atoms with van der Waals surface area (Å²) in [6, 6.07) is 8.39. The fourth-order valence-corrected chi connectivity index (χ4v) is 8.97. The second-order valence-corrected chi connectivity index (χ2v) is 13.8. The minimum Gasteiger partial charge on any atom is -0.455 e. The van der Waals surface area contributed by atoms with Crippen LogP contribution < -0.4 is 0 Å². The lowest BCUT2D eigenvalue weighted by atomic mass is 9.44. The number of carbonyl (C=O) groups is 3. The van der Waals surface area contributed by atoms with Crippen LogP contribution in [0.3, 0.4) is 0 Å². The van der Waals surface area contributed by atoms with Crippen molar-refractivity contribution in [2.45, 2.75) is 108 Å². The maximum atomic E-state index is 13.9. The lowest BCUT2D eigenvalue weighted by Gasteiger charge is -2.71. The van der Waals surface area contributed by atoms with Gasteiger partial charge in [0.15, 0.2) is 18.0 Å². The average molecular weight is 627 g/mol. The number of aliphatic hydroxyl groups is 2. The van der Waals surface area contributed by atoms with E-state index in [0.717, 1.165) is 0 Å². The van der Waals surface area contributed by atoms with Crippen LogP contribution in [0.15, 0.2) is 54.1 Å². The molecule has 2 saturated heterocycles. The Balaban J connectivity index is 1.68. The number of rotatable bonds is 5. The molecule has 0 radical (unpaired) electrons. The van der Waals surface area contributed by atoms with Gasteiger partial charge in [0.1, 0.15) is 23.9 Å². The van der Waals surface area contributed by atoms with Gasteiger partial charge >= 0.3 is 17.9 Å². The van der Waals surface area contributed by atoms with E-state index in [1.165, 1.54) is 19.9 Å². The van der Waals surface area contributed by atoms with Crippen molar-refractivity contribution in [3.63, 3.8) is 0 Å². The van der Waals surface area contributed by atoms with Crippen LogP contribution in [0, 0.1) is 16.7 Å².